The van der Waals surface area contributed by atoms with E-state index in [4.69, 9.17) is 4.74 Å². The number of anilines is 1. The molecule has 136 valence electrons. The summed E-state index contributed by atoms with van der Waals surface area (Å²) in [6, 6.07) is 6.16. The average Bonchev–Trinajstić information content (AvgIpc) is 2.73. The predicted octanol–water partition coefficient (Wildman–Crippen LogP) is 2.64. The fraction of sp³-hybridized carbons (Fsp3) is 0.450. The molecule has 6 nitrogen and oxygen atoms in total. The van der Waals surface area contributed by atoms with Gasteiger partial charge in [0.05, 0.1) is 18.0 Å². The summed E-state index contributed by atoms with van der Waals surface area (Å²) in [6.45, 7) is 3.24. The van der Waals surface area contributed by atoms with Crippen molar-refractivity contribution in [3.8, 4) is 5.88 Å². The highest BCUT2D eigenvalue weighted by Gasteiger charge is 2.27. The molecule has 1 aromatic heterocycles. The van der Waals surface area contributed by atoms with Gasteiger partial charge in [-0.25, -0.2) is 9.97 Å². The van der Waals surface area contributed by atoms with E-state index in [1.54, 1.807) is 7.11 Å². The first kappa shape index (κ1) is 16.8. The van der Waals surface area contributed by atoms with Gasteiger partial charge in [-0.15, -0.1) is 0 Å². The first-order valence-electron chi connectivity index (χ1n) is 9.24. The molecule has 0 saturated carbocycles. The maximum absolute atomic E-state index is 12.7. The molecule has 2 aromatic rings. The molecule has 1 atom stereocenters. The summed E-state index contributed by atoms with van der Waals surface area (Å²) in [6.07, 6.45) is 8.75. The summed E-state index contributed by atoms with van der Waals surface area (Å²) >= 11 is 0. The molecule has 26 heavy (non-hydrogen) atoms. The van der Waals surface area contributed by atoms with Gasteiger partial charge in [-0.3, -0.25) is 4.79 Å². The summed E-state index contributed by atoms with van der Waals surface area (Å²) < 4.78 is 5.36. The monoisotopic (exact) mass is 352 g/mol. The van der Waals surface area contributed by atoms with Gasteiger partial charge in [0.15, 0.2) is 0 Å². The molecule has 0 bridgehead atoms. The summed E-state index contributed by atoms with van der Waals surface area (Å²) in [5.74, 6) is 1.09. The smallest absolute Gasteiger partial charge is 0.226 e. The minimum absolute atomic E-state index is 0.175. The number of ether oxygens (including phenoxy) is 1. The van der Waals surface area contributed by atoms with Gasteiger partial charge in [0.25, 0.3) is 0 Å². The zero-order valence-corrected chi connectivity index (χ0v) is 15.1. The zero-order valence-electron chi connectivity index (χ0n) is 15.1. The average molecular weight is 352 g/mol. The van der Waals surface area contributed by atoms with Crippen LogP contribution in [0.2, 0.25) is 0 Å². The number of hydrogen-bond acceptors (Lipinski definition) is 5. The van der Waals surface area contributed by atoms with Crippen molar-refractivity contribution in [1.29, 1.82) is 0 Å². The van der Waals surface area contributed by atoms with E-state index in [0.717, 1.165) is 62.0 Å². The second kappa shape index (κ2) is 7.32. The molecular weight excluding hydrogens is 328 g/mol. The van der Waals surface area contributed by atoms with E-state index < -0.39 is 0 Å². The normalized spacial score (nSPS) is 20.4. The van der Waals surface area contributed by atoms with Crippen LogP contribution in [0, 0.1) is 5.92 Å². The summed E-state index contributed by atoms with van der Waals surface area (Å²) in [5.41, 5.74) is 2.00. The van der Waals surface area contributed by atoms with E-state index in [1.165, 1.54) is 6.33 Å². The Balaban J connectivity index is 1.45. The van der Waals surface area contributed by atoms with Crippen LogP contribution < -0.4 is 9.64 Å². The first-order valence-corrected chi connectivity index (χ1v) is 9.24. The molecular formula is C20H24N4O2. The third-order valence-electron chi connectivity index (χ3n) is 5.35. The van der Waals surface area contributed by atoms with Crippen LogP contribution in [0.3, 0.4) is 0 Å². The van der Waals surface area contributed by atoms with Crippen molar-refractivity contribution in [2.45, 2.75) is 19.3 Å². The van der Waals surface area contributed by atoms with Crippen LogP contribution in [0.5, 0.6) is 5.88 Å². The second-order valence-corrected chi connectivity index (χ2v) is 6.88. The number of aromatic nitrogens is 2. The first-order chi connectivity index (χ1) is 12.8. The molecule has 1 fully saturated rings. The molecule has 1 aliphatic carbocycles. The lowest BCUT2D eigenvalue weighted by molar-refractivity contribution is -0.136. The van der Waals surface area contributed by atoms with Crippen molar-refractivity contribution in [2.24, 2.45) is 5.92 Å². The maximum atomic E-state index is 12.7. The molecule has 1 unspecified atom stereocenters. The van der Waals surface area contributed by atoms with Gasteiger partial charge in [0.1, 0.15) is 6.33 Å². The van der Waals surface area contributed by atoms with E-state index in [9.17, 15) is 4.79 Å². The quantitative estimate of drug-likeness (QED) is 0.795. The minimum Gasteiger partial charge on any atom is -0.480 e. The van der Waals surface area contributed by atoms with Crippen LogP contribution in [-0.2, 0) is 4.79 Å². The fourth-order valence-electron chi connectivity index (χ4n) is 3.84. The van der Waals surface area contributed by atoms with Crippen molar-refractivity contribution in [1.82, 2.24) is 14.9 Å². The topological polar surface area (TPSA) is 58.6 Å². The molecule has 1 saturated heterocycles. The molecule has 4 rings (SSSR count). The van der Waals surface area contributed by atoms with E-state index in [2.05, 4.69) is 39.2 Å². The molecule has 0 N–H and O–H groups in total. The Labute approximate surface area is 153 Å². The number of allylic oxidation sites excluding steroid dienone is 2. The van der Waals surface area contributed by atoms with Crippen molar-refractivity contribution in [3.05, 3.63) is 36.7 Å². The molecule has 0 spiro atoms. The molecule has 1 aromatic carbocycles. The number of hydrogen-bond donors (Lipinski definition) is 0. The number of piperazine rings is 1. The van der Waals surface area contributed by atoms with Crippen LogP contribution in [-0.4, -0.2) is 54.1 Å². The van der Waals surface area contributed by atoms with Gasteiger partial charge in [-0.05, 0) is 37.5 Å². The number of carbonyl (C=O) groups excluding carboxylic acids is 1. The van der Waals surface area contributed by atoms with E-state index >= 15 is 0 Å². The maximum Gasteiger partial charge on any atom is 0.226 e. The molecule has 2 heterocycles. The van der Waals surface area contributed by atoms with E-state index in [1.807, 2.05) is 11.0 Å². The Bertz CT molecular complexity index is 828. The Morgan fingerprint density at radius 1 is 1.15 bits per heavy atom. The highest BCUT2D eigenvalue weighted by molar-refractivity contribution is 5.86. The molecule has 1 amide bonds. The van der Waals surface area contributed by atoms with Gasteiger partial charge in [0.2, 0.25) is 11.8 Å². The number of nitrogens with zero attached hydrogens (tertiary/aromatic N) is 4. The molecule has 6 heteroatoms. The van der Waals surface area contributed by atoms with Gasteiger partial charge < -0.3 is 14.5 Å². The number of carbonyl (C=O) groups is 1. The minimum atomic E-state index is 0.175. The lowest BCUT2D eigenvalue weighted by Gasteiger charge is -2.38. The van der Waals surface area contributed by atoms with Crippen LogP contribution in [0.4, 0.5) is 5.69 Å². The number of rotatable bonds is 3. The van der Waals surface area contributed by atoms with Crippen LogP contribution in [0.25, 0.3) is 10.9 Å². The Hall–Kier alpha value is -2.63. The third-order valence-corrected chi connectivity index (χ3v) is 5.35. The number of methoxy groups -OCH3 is 1. The molecule has 2 aliphatic rings. The van der Waals surface area contributed by atoms with Crippen molar-refractivity contribution < 1.29 is 9.53 Å². The second-order valence-electron chi connectivity index (χ2n) is 6.88. The Kier molecular flexibility index (Phi) is 4.73. The van der Waals surface area contributed by atoms with Gasteiger partial charge in [-0.2, -0.15) is 0 Å². The van der Waals surface area contributed by atoms with Crippen LogP contribution in [0.1, 0.15) is 19.3 Å². The molecule has 1 aliphatic heterocycles. The lowest BCUT2D eigenvalue weighted by Crippen LogP contribution is -2.50. The van der Waals surface area contributed by atoms with E-state index in [0.29, 0.717) is 11.8 Å². The fourth-order valence-corrected chi connectivity index (χ4v) is 3.84. The Morgan fingerprint density at radius 3 is 2.73 bits per heavy atom. The number of fused-ring (bicyclic) bond motifs is 1. The van der Waals surface area contributed by atoms with Crippen LogP contribution in [0.15, 0.2) is 36.7 Å². The highest BCUT2D eigenvalue weighted by Crippen LogP contribution is 2.28. The largest absolute Gasteiger partial charge is 0.480 e. The molecule has 0 radical (unpaired) electrons. The number of amides is 1. The summed E-state index contributed by atoms with van der Waals surface area (Å²) in [5, 5.41) is 0.917. The van der Waals surface area contributed by atoms with Crippen LogP contribution >= 0.6 is 0 Å². The summed E-state index contributed by atoms with van der Waals surface area (Å²) in [4.78, 5) is 25.5. The SMILES string of the molecule is COc1ncnc2ccc(N3CCN(C(=O)C4CC=CCC4)CC3)cc12. The highest BCUT2D eigenvalue weighted by atomic mass is 16.5. The predicted molar refractivity (Wildman–Crippen MR) is 101 cm³/mol. The van der Waals surface area contributed by atoms with Gasteiger partial charge in [0, 0.05) is 37.8 Å². The third kappa shape index (κ3) is 3.23. The zero-order chi connectivity index (χ0) is 17.9. The standard InChI is InChI=1S/C20H24N4O2/c1-26-19-17-13-16(7-8-18(17)21-14-22-19)23-9-11-24(12-10-23)20(25)15-5-3-2-4-6-15/h2-3,7-8,13-15H,4-6,9-12H2,1H3. The summed E-state index contributed by atoms with van der Waals surface area (Å²) in [7, 11) is 1.62. The van der Waals surface area contributed by atoms with Gasteiger partial charge in [-0.1, -0.05) is 12.2 Å². The van der Waals surface area contributed by atoms with Crippen molar-refractivity contribution in [3.63, 3.8) is 0 Å². The number of benzene rings is 1. The van der Waals surface area contributed by atoms with Crippen molar-refractivity contribution in [2.75, 3.05) is 38.2 Å². The van der Waals surface area contributed by atoms with E-state index in [-0.39, 0.29) is 5.92 Å². The van der Waals surface area contributed by atoms with Gasteiger partial charge >= 0.3 is 0 Å². The van der Waals surface area contributed by atoms with Crippen molar-refractivity contribution >= 4 is 22.5 Å². The lowest BCUT2D eigenvalue weighted by atomic mass is 9.93. The Morgan fingerprint density at radius 2 is 2.00 bits per heavy atom.